The van der Waals surface area contributed by atoms with Crippen LogP contribution in [-0.2, 0) is 4.79 Å². The second kappa shape index (κ2) is 6.02. The van der Waals surface area contributed by atoms with Crippen LogP contribution in [0.4, 0.5) is 0 Å². The van der Waals surface area contributed by atoms with E-state index in [0.717, 1.165) is 25.8 Å². The first-order chi connectivity index (χ1) is 8.31. The van der Waals surface area contributed by atoms with Crippen molar-refractivity contribution in [2.75, 3.05) is 13.1 Å². The van der Waals surface area contributed by atoms with Crippen LogP contribution in [-0.4, -0.2) is 35.2 Å². The molecule has 4 heteroatoms. The molecule has 0 aliphatic carbocycles. The minimum Gasteiger partial charge on any atom is -0.388 e. The molecular formula is C14H28N2O2. The molecule has 0 radical (unpaired) electrons. The summed E-state index contributed by atoms with van der Waals surface area (Å²) < 4.78 is 0. The summed E-state index contributed by atoms with van der Waals surface area (Å²) in [6, 6.07) is 0. The van der Waals surface area contributed by atoms with Gasteiger partial charge in [-0.1, -0.05) is 20.8 Å². The Morgan fingerprint density at radius 3 is 2.67 bits per heavy atom. The standard InChI is InChI=1S/C14H28N2O2/c1-5-14(7-6-8-16-14)12(17)15-10-13(4,18)9-11(2)3/h11,16,18H,5-10H2,1-4H3,(H,15,17). The summed E-state index contributed by atoms with van der Waals surface area (Å²) in [5.74, 6) is 0.452. The fourth-order valence-corrected chi connectivity index (χ4v) is 2.85. The smallest absolute Gasteiger partial charge is 0.240 e. The van der Waals surface area contributed by atoms with Crippen molar-refractivity contribution < 1.29 is 9.90 Å². The molecule has 0 aromatic rings. The third-order valence-electron chi connectivity index (χ3n) is 3.76. The average Bonchev–Trinajstić information content (AvgIpc) is 2.74. The molecule has 0 aromatic carbocycles. The maximum atomic E-state index is 12.2. The molecule has 4 nitrogen and oxygen atoms in total. The predicted molar refractivity (Wildman–Crippen MR) is 73.3 cm³/mol. The minimum absolute atomic E-state index is 0.0338. The molecule has 1 aliphatic heterocycles. The van der Waals surface area contributed by atoms with Crippen molar-refractivity contribution in [1.29, 1.82) is 0 Å². The Hall–Kier alpha value is -0.610. The van der Waals surface area contributed by atoms with Gasteiger partial charge in [0.05, 0.1) is 11.1 Å². The third kappa shape index (κ3) is 3.95. The zero-order valence-corrected chi connectivity index (χ0v) is 12.2. The Labute approximate surface area is 111 Å². The molecule has 1 heterocycles. The van der Waals surface area contributed by atoms with E-state index in [4.69, 9.17) is 0 Å². The van der Waals surface area contributed by atoms with Crippen LogP contribution < -0.4 is 10.6 Å². The molecule has 0 aromatic heterocycles. The van der Waals surface area contributed by atoms with Gasteiger partial charge in [0.1, 0.15) is 0 Å². The molecule has 106 valence electrons. The quantitative estimate of drug-likeness (QED) is 0.674. The number of amides is 1. The predicted octanol–water partition coefficient (Wildman–Crippen LogP) is 1.43. The van der Waals surface area contributed by atoms with E-state index in [-0.39, 0.29) is 5.91 Å². The van der Waals surface area contributed by atoms with E-state index >= 15 is 0 Å². The van der Waals surface area contributed by atoms with Crippen LogP contribution in [0.3, 0.4) is 0 Å². The summed E-state index contributed by atoms with van der Waals surface area (Å²) in [7, 11) is 0. The molecule has 2 atom stereocenters. The molecule has 1 amide bonds. The summed E-state index contributed by atoms with van der Waals surface area (Å²) in [4.78, 5) is 12.2. The maximum absolute atomic E-state index is 12.2. The van der Waals surface area contributed by atoms with Crippen molar-refractivity contribution in [3.63, 3.8) is 0 Å². The second-order valence-corrected chi connectivity index (χ2v) is 6.24. The number of rotatable bonds is 6. The van der Waals surface area contributed by atoms with Gasteiger partial charge in [-0.2, -0.15) is 0 Å². The van der Waals surface area contributed by atoms with E-state index < -0.39 is 11.1 Å². The number of nitrogens with one attached hydrogen (secondary N) is 2. The van der Waals surface area contributed by atoms with Crippen molar-refractivity contribution >= 4 is 5.91 Å². The monoisotopic (exact) mass is 256 g/mol. The Morgan fingerprint density at radius 2 is 2.22 bits per heavy atom. The summed E-state index contributed by atoms with van der Waals surface area (Å²) in [6.07, 6.45) is 3.43. The van der Waals surface area contributed by atoms with E-state index in [1.54, 1.807) is 6.92 Å². The van der Waals surface area contributed by atoms with Crippen molar-refractivity contribution in [2.24, 2.45) is 5.92 Å². The molecule has 0 bridgehead atoms. The normalized spacial score (nSPS) is 27.2. The number of carbonyl (C=O) groups is 1. The highest BCUT2D eigenvalue weighted by Gasteiger charge is 2.39. The molecule has 0 saturated carbocycles. The van der Waals surface area contributed by atoms with Gasteiger partial charge in [-0.15, -0.1) is 0 Å². The van der Waals surface area contributed by atoms with Crippen LogP contribution >= 0.6 is 0 Å². The lowest BCUT2D eigenvalue weighted by Crippen LogP contribution is -2.55. The maximum Gasteiger partial charge on any atom is 0.240 e. The summed E-state index contributed by atoms with van der Waals surface area (Å²) in [5.41, 5.74) is -1.23. The van der Waals surface area contributed by atoms with Crippen LogP contribution in [0.25, 0.3) is 0 Å². The van der Waals surface area contributed by atoms with Crippen LogP contribution in [0.15, 0.2) is 0 Å². The molecule has 1 saturated heterocycles. The van der Waals surface area contributed by atoms with Crippen LogP contribution in [0.2, 0.25) is 0 Å². The Kier molecular flexibility index (Phi) is 5.17. The van der Waals surface area contributed by atoms with Gasteiger partial charge >= 0.3 is 0 Å². The van der Waals surface area contributed by atoms with Crippen molar-refractivity contribution in [3.05, 3.63) is 0 Å². The van der Waals surface area contributed by atoms with E-state index in [0.29, 0.717) is 18.9 Å². The van der Waals surface area contributed by atoms with Crippen LogP contribution in [0.5, 0.6) is 0 Å². The number of hydrogen-bond donors (Lipinski definition) is 3. The minimum atomic E-state index is -0.822. The summed E-state index contributed by atoms with van der Waals surface area (Å²) in [5, 5.41) is 16.4. The SMILES string of the molecule is CCC1(C(=O)NCC(C)(O)CC(C)C)CCCN1. The molecule has 1 fully saturated rings. The largest absolute Gasteiger partial charge is 0.388 e. The number of carbonyl (C=O) groups excluding carboxylic acids is 1. The summed E-state index contributed by atoms with van der Waals surface area (Å²) in [6.45, 7) is 9.19. The highest BCUT2D eigenvalue weighted by atomic mass is 16.3. The average molecular weight is 256 g/mol. The topological polar surface area (TPSA) is 61.4 Å². The first-order valence-electron chi connectivity index (χ1n) is 7.07. The fourth-order valence-electron chi connectivity index (χ4n) is 2.85. The van der Waals surface area contributed by atoms with Crippen LogP contribution in [0, 0.1) is 5.92 Å². The zero-order chi connectivity index (χ0) is 13.8. The Morgan fingerprint density at radius 1 is 1.56 bits per heavy atom. The van der Waals surface area contributed by atoms with E-state index in [1.165, 1.54) is 0 Å². The Bertz CT molecular complexity index is 282. The number of hydrogen-bond acceptors (Lipinski definition) is 3. The van der Waals surface area contributed by atoms with Gasteiger partial charge < -0.3 is 15.7 Å². The molecule has 18 heavy (non-hydrogen) atoms. The van der Waals surface area contributed by atoms with Gasteiger partial charge in [-0.05, 0) is 45.1 Å². The van der Waals surface area contributed by atoms with Crippen molar-refractivity contribution in [3.8, 4) is 0 Å². The molecule has 1 rings (SSSR count). The van der Waals surface area contributed by atoms with Gasteiger partial charge in [0.15, 0.2) is 0 Å². The van der Waals surface area contributed by atoms with Gasteiger partial charge in [0.2, 0.25) is 5.91 Å². The molecular weight excluding hydrogens is 228 g/mol. The van der Waals surface area contributed by atoms with Gasteiger partial charge in [-0.3, -0.25) is 4.79 Å². The molecule has 2 unspecified atom stereocenters. The van der Waals surface area contributed by atoms with Gasteiger partial charge in [0.25, 0.3) is 0 Å². The van der Waals surface area contributed by atoms with Crippen LogP contribution in [0.1, 0.15) is 53.4 Å². The first-order valence-corrected chi connectivity index (χ1v) is 7.07. The van der Waals surface area contributed by atoms with Gasteiger partial charge in [0, 0.05) is 6.54 Å². The second-order valence-electron chi connectivity index (χ2n) is 6.24. The first kappa shape index (κ1) is 15.4. The lowest BCUT2D eigenvalue weighted by atomic mass is 9.91. The lowest BCUT2D eigenvalue weighted by molar-refractivity contribution is -0.128. The molecule has 1 aliphatic rings. The van der Waals surface area contributed by atoms with E-state index in [2.05, 4.69) is 24.5 Å². The zero-order valence-electron chi connectivity index (χ0n) is 12.2. The molecule has 0 spiro atoms. The van der Waals surface area contributed by atoms with Gasteiger partial charge in [-0.25, -0.2) is 0 Å². The fraction of sp³-hybridized carbons (Fsp3) is 0.929. The van der Waals surface area contributed by atoms with Crippen molar-refractivity contribution in [2.45, 2.75) is 64.5 Å². The lowest BCUT2D eigenvalue weighted by Gasteiger charge is -2.30. The van der Waals surface area contributed by atoms with E-state index in [9.17, 15) is 9.90 Å². The highest BCUT2D eigenvalue weighted by Crippen LogP contribution is 2.23. The van der Waals surface area contributed by atoms with Crippen molar-refractivity contribution in [1.82, 2.24) is 10.6 Å². The Balaban J connectivity index is 2.50. The highest BCUT2D eigenvalue weighted by molar-refractivity contribution is 5.86. The van der Waals surface area contributed by atoms with E-state index in [1.807, 2.05) is 6.92 Å². The molecule has 3 N–H and O–H groups in total. The number of aliphatic hydroxyl groups is 1. The summed E-state index contributed by atoms with van der Waals surface area (Å²) >= 11 is 0. The third-order valence-corrected chi connectivity index (χ3v) is 3.76.